The second-order valence-electron chi connectivity index (χ2n) is 21.2. The molecule has 2 amide bonds. The molecule has 6 atom stereocenters. The lowest BCUT2D eigenvalue weighted by molar-refractivity contribution is -0.154. The van der Waals surface area contributed by atoms with Gasteiger partial charge in [0.1, 0.15) is 0 Å². The molecule has 0 aromatic heterocycles. The quantitative estimate of drug-likeness (QED) is 0.0458. The molecule has 14 nitrogen and oxygen atoms in total. The van der Waals surface area contributed by atoms with Gasteiger partial charge in [-0.1, -0.05) is 86.3 Å². The van der Waals surface area contributed by atoms with Gasteiger partial charge in [0, 0.05) is 47.9 Å². The summed E-state index contributed by atoms with van der Waals surface area (Å²) in [5.41, 5.74) is -0.741. The normalized spacial score (nSPS) is 18.9. The van der Waals surface area contributed by atoms with Crippen molar-refractivity contribution in [2.45, 2.75) is 127 Å². The summed E-state index contributed by atoms with van der Waals surface area (Å²) < 4.78 is 160. The molecule has 2 aliphatic heterocycles. The Balaban J connectivity index is 0.000000241. The summed E-state index contributed by atoms with van der Waals surface area (Å²) in [6.45, 7) is -1.02. The maximum atomic E-state index is 13.5. The highest BCUT2D eigenvalue weighted by atomic mass is 19.4. The van der Waals surface area contributed by atoms with E-state index < -0.39 is 159 Å². The van der Waals surface area contributed by atoms with E-state index >= 15 is 0 Å². The predicted molar refractivity (Wildman–Crippen MR) is 275 cm³/mol. The van der Waals surface area contributed by atoms with Gasteiger partial charge < -0.3 is 31.1 Å². The molecular weight excluding hydrogens is 1140 g/mol. The Morgan fingerprint density at radius 1 is 0.512 bits per heavy atom. The first-order valence-corrected chi connectivity index (χ1v) is 26.6. The third-order valence-corrected chi connectivity index (χ3v) is 15.0. The number of amides is 2. The smallest absolute Gasteiger partial charge is 0.416 e. The number of carbonyl (C=O) groups is 6. The molecule has 0 unspecified atom stereocenters. The van der Waals surface area contributed by atoms with Gasteiger partial charge in [-0.3, -0.25) is 38.8 Å². The third-order valence-electron chi connectivity index (χ3n) is 15.0. The van der Waals surface area contributed by atoms with E-state index in [1.165, 1.54) is 48.5 Å². The number of aliphatic hydroxyl groups excluding tert-OH is 2. The first-order chi connectivity index (χ1) is 39.3. The maximum absolute atomic E-state index is 13.5. The Labute approximate surface area is 471 Å². The summed E-state index contributed by atoms with van der Waals surface area (Å²) in [6, 6.07) is 17.3. The molecule has 2 fully saturated rings. The zero-order valence-electron chi connectivity index (χ0n) is 44.3. The van der Waals surface area contributed by atoms with Gasteiger partial charge in [0.05, 0.1) is 59.4 Å². The summed E-state index contributed by atoms with van der Waals surface area (Å²) in [5, 5.41) is 43.9. The van der Waals surface area contributed by atoms with E-state index in [9.17, 15) is 102 Å². The summed E-state index contributed by atoms with van der Waals surface area (Å²) in [7, 11) is 0. The van der Waals surface area contributed by atoms with Crippen molar-refractivity contribution in [3.05, 3.63) is 141 Å². The van der Waals surface area contributed by atoms with E-state index in [2.05, 4.69) is 20.6 Å². The fourth-order valence-electron chi connectivity index (χ4n) is 10.3. The second kappa shape index (κ2) is 26.2. The number of benzene rings is 4. The number of halogens is 12. The number of nitrogens with one attached hydrogen (secondary N) is 2. The van der Waals surface area contributed by atoms with Crippen LogP contribution in [0.5, 0.6) is 0 Å². The highest BCUT2D eigenvalue weighted by Gasteiger charge is 2.44. The van der Waals surface area contributed by atoms with E-state index in [1.54, 1.807) is 0 Å². The lowest BCUT2D eigenvalue weighted by Gasteiger charge is -2.25. The van der Waals surface area contributed by atoms with Gasteiger partial charge in [0.2, 0.25) is 11.8 Å². The highest BCUT2D eigenvalue weighted by Crippen LogP contribution is 2.42. The number of rotatable bonds is 20. The van der Waals surface area contributed by atoms with Crippen molar-refractivity contribution < 1.29 is 102 Å². The number of aliphatic imine (C=N–C) groups is 2. The van der Waals surface area contributed by atoms with Gasteiger partial charge in [-0.05, 0) is 84.0 Å². The number of alkyl halides is 12. The lowest BCUT2D eigenvalue weighted by Crippen LogP contribution is -2.46. The molecule has 0 spiro atoms. The Kier molecular flexibility index (Phi) is 20.0. The first kappa shape index (κ1) is 64.1. The fourth-order valence-corrected chi connectivity index (χ4v) is 10.3. The van der Waals surface area contributed by atoms with Crippen LogP contribution in [-0.4, -0.2) is 91.9 Å². The van der Waals surface area contributed by atoms with Crippen LogP contribution in [-0.2, 0) is 67.2 Å². The van der Waals surface area contributed by atoms with E-state index in [1.807, 2.05) is 0 Å². The maximum Gasteiger partial charge on any atom is 0.416 e. The van der Waals surface area contributed by atoms with Crippen LogP contribution in [0.1, 0.15) is 120 Å². The molecule has 4 aromatic carbocycles. The molecule has 0 saturated heterocycles. The molecule has 6 N–H and O–H groups in total. The van der Waals surface area contributed by atoms with Crippen LogP contribution in [0.3, 0.4) is 0 Å². The minimum atomic E-state index is -4.71. The molecule has 2 aliphatic carbocycles. The van der Waals surface area contributed by atoms with Gasteiger partial charge in [-0.2, -0.15) is 52.7 Å². The van der Waals surface area contributed by atoms with Crippen LogP contribution < -0.4 is 10.6 Å². The molecule has 8 rings (SSSR count). The highest BCUT2D eigenvalue weighted by molar-refractivity contribution is 6.17. The molecule has 4 aromatic rings. The van der Waals surface area contributed by atoms with Gasteiger partial charge in [-0.15, -0.1) is 0 Å². The van der Waals surface area contributed by atoms with Crippen molar-refractivity contribution in [3.63, 3.8) is 0 Å². The van der Waals surface area contributed by atoms with Crippen LogP contribution in [0.25, 0.3) is 0 Å². The molecule has 26 heteroatoms. The Bertz CT molecular complexity index is 2980. The average Bonchev–Trinajstić information content (AvgIpc) is 4.35. The predicted octanol–water partition coefficient (Wildman–Crippen LogP) is 10.1. The van der Waals surface area contributed by atoms with E-state index in [4.69, 9.17) is 0 Å². The standard InChI is InChI=1S/2C29H28F6N2O5/c2*30-28(31,32)10-9-20(22(27(41)42)11-15-7-8-15)26(40)37-25-23(39)13-21-17(14-38)4-2-6-19(21)24(36-25)16-3-1-5-18(12-16)29(33,34)35/h2*1-6,12,15,20,22,25,38H,7-11,13-14H2,(H,37,40)(H,41,42)/t20-,22+,25+;20-,22+,25-/m11/s1. The van der Waals surface area contributed by atoms with Crippen LogP contribution >= 0.6 is 0 Å². The third kappa shape index (κ3) is 16.9. The molecule has 84 heavy (non-hydrogen) atoms. The van der Waals surface area contributed by atoms with Crippen molar-refractivity contribution >= 4 is 46.7 Å². The first-order valence-electron chi connectivity index (χ1n) is 26.6. The number of hydrogen-bond donors (Lipinski definition) is 6. The molecular formula is C58H56F12N4O10. The summed E-state index contributed by atoms with van der Waals surface area (Å²) in [6.07, 6.45) is -24.8. The van der Waals surface area contributed by atoms with Crippen molar-refractivity contribution in [3.8, 4) is 0 Å². The summed E-state index contributed by atoms with van der Waals surface area (Å²) >= 11 is 0. The molecule has 452 valence electrons. The van der Waals surface area contributed by atoms with E-state index in [-0.39, 0.29) is 69.5 Å². The van der Waals surface area contributed by atoms with Gasteiger partial charge in [0.25, 0.3) is 0 Å². The molecule has 0 radical (unpaired) electrons. The zero-order chi connectivity index (χ0) is 61.6. The minimum Gasteiger partial charge on any atom is -0.481 e. The van der Waals surface area contributed by atoms with Crippen molar-refractivity contribution in [1.29, 1.82) is 0 Å². The molecule has 4 aliphatic rings. The number of hydrogen-bond acceptors (Lipinski definition) is 10. The Hall–Kier alpha value is -7.48. The number of carbonyl (C=O) groups excluding carboxylic acids is 4. The van der Waals surface area contributed by atoms with Crippen LogP contribution in [0.2, 0.25) is 0 Å². The zero-order valence-corrected chi connectivity index (χ0v) is 44.3. The second-order valence-corrected chi connectivity index (χ2v) is 21.2. The number of nitrogens with zero attached hydrogens (tertiary/aromatic N) is 2. The number of aliphatic carboxylic acids is 2. The average molecular weight is 1200 g/mol. The van der Waals surface area contributed by atoms with Crippen LogP contribution in [0.15, 0.2) is 94.9 Å². The molecule has 2 heterocycles. The summed E-state index contributed by atoms with van der Waals surface area (Å²) in [5.74, 6) is -12.8. The number of carboxylic acid groups (broad SMARTS) is 2. The largest absolute Gasteiger partial charge is 0.481 e. The van der Waals surface area contributed by atoms with Crippen molar-refractivity contribution in [2.75, 3.05) is 0 Å². The Morgan fingerprint density at radius 2 is 0.857 bits per heavy atom. The van der Waals surface area contributed by atoms with E-state index in [0.717, 1.165) is 36.4 Å². The molecule has 2 saturated carbocycles. The van der Waals surface area contributed by atoms with Crippen molar-refractivity contribution in [1.82, 2.24) is 10.6 Å². The monoisotopic (exact) mass is 1200 g/mol. The van der Waals surface area contributed by atoms with Crippen molar-refractivity contribution in [2.24, 2.45) is 45.5 Å². The number of Topliss-reactive ketones (excluding diaryl/α,β-unsaturated/α-hetero) is 2. The number of carboxylic acids is 2. The topological polar surface area (TPSA) is 232 Å². The fraction of sp³-hybridized carbons (Fsp3) is 0.448. The lowest BCUT2D eigenvalue weighted by atomic mass is 9.83. The number of fused-ring (bicyclic) bond motifs is 2. The van der Waals surface area contributed by atoms with Gasteiger partial charge in [0.15, 0.2) is 23.9 Å². The number of ketones is 2. The van der Waals surface area contributed by atoms with E-state index in [0.29, 0.717) is 36.8 Å². The SMILES string of the molecule is O=C(O)[C@@H](CC1CC1)[C@@H](CCC(F)(F)F)C(=O)N[C@@H]1N=C(c2cccc(C(F)(F)F)c2)c2cccc(CO)c2CC1=O.O=C1Cc2c(CO)cccc2C(c2cccc(C(F)(F)F)c2)=N[C@@H]1NC(=O)[C@H](CCC(F)(F)F)[C@H](CC1CC1)C(=O)O. The number of aliphatic hydroxyl groups is 2. The minimum absolute atomic E-state index is 0.00601. The summed E-state index contributed by atoms with van der Waals surface area (Å²) in [4.78, 5) is 86.2. The van der Waals surface area contributed by atoms with Gasteiger partial charge >= 0.3 is 36.6 Å². The molecule has 0 bridgehead atoms. The van der Waals surface area contributed by atoms with Crippen LogP contribution in [0.4, 0.5) is 52.7 Å². The Morgan fingerprint density at radius 3 is 1.15 bits per heavy atom. The van der Waals surface area contributed by atoms with Gasteiger partial charge in [-0.25, -0.2) is 0 Å². The van der Waals surface area contributed by atoms with Crippen LogP contribution in [0, 0.1) is 35.5 Å².